The van der Waals surface area contributed by atoms with Crippen molar-refractivity contribution in [2.24, 2.45) is 0 Å². The van der Waals surface area contributed by atoms with Gasteiger partial charge in [0.1, 0.15) is 5.54 Å². The van der Waals surface area contributed by atoms with E-state index in [1.165, 1.54) is 6.92 Å². The van der Waals surface area contributed by atoms with Gasteiger partial charge in [0, 0.05) is 0 Å². The standard InChI is InChI=1S/C10H18NO5/c1-3-4-7-15-9(12)10(2)6-5-8(16-14)11(10)13/h8,14H,3-7H2,1-2H3. The van der Waals surface area contributed by atoms with Crippen molar-refractivity contribution >= 4 is 5.97 Å². The van der Waals surface area contributed by atoms with Gasteiger partial charge in [-0.05, 0) is 26.2 Å². The zero-order valence-corrected chi connectivity index (χ0v) is 9.64. The molecule has 1 saturated heterocycles. The minimum atomic E-state index is -1.23. The highest BCUT2D eigenvalue weighted by Crippen LogP contribution is 2.33. The maximum absolute atomic E-state index is 11.7. The van der Waals surface area contributed by atoms with Crippen LogP contribution in [0.15, 0.2) is 0 Å². The number of hydrogen-bond acceptors (Lipinski definition) is 5. The van der Waals surface area contributed by atoms with Crippen molar-refractivity contribution in [1.29, 1.82) is 0 Å². The Kier molecular flexibility index (Phi) is 4.67. The van der Waals surface area contributed by atoms with Crippen LogP contribution < -0.4 is 0 Å². The van der Waals surface area contributed by atoms with E-state index in [-0.39, 0.29) is 0 Å². The Balaban J connectivity index is 2.54. The smallest absolute Gasteiger partial charge is 0.328 e. The van der Waals surface area contributed by atoms with Crippen LogP contribution in [0.25, 0.3) is 0 Å². The van der Waals surface area contributed by atoms with Gasteiger partial charge in [0.2, 0.25) is 0 Å². The van der Waals surface area contributed by atoms with E-state index < -0.39 is 17.7 Å². The number of carbonyl (C=O) groups excluding carboxylic acids is 1. The highest BCUT2D eigenvalue weighted by atomic mass is 17.1. The Morgan fingerprint density at radius 2 is 2.31 bits per heavy atom. The van der Waals surface area contributed by atoms with Crippen molar-refractivity contribution < 1.29 is 24.9 Å². The molecule has 1 rings (SSSR count). The second-order valence-corrected chi connectivity index (χ2v) is 4.19. The normalized spacial score (nSPS) is 30.6. The molecule has 1 fully saturated rings. The molecule has 1 aliphatic heterocycles. The van der Waals surface area contributed by atoms with Gasteiger partial charge in [0.25, 0.3) is 0 Å². The maximum atomic E-state index is 11.7. The van der Waals surface area contributed by atoms with Crippen LogP contribution in [0, 0.1) is 0 Å². The second-order valence-electron chi connectivity index (χ2n) is 4.19. The largest absolute Gasteiger partial charge is 0.464 e. The lowest BCUT2D eigenvalue weighted by Gasteiger charge is -2.27. The molecule has 0 saturated carbocycles. The first-order chi connectivity index (χ1) is 7.56. The molecular weight excluding hydrogens is 214 g/mol. The topological polar surface area (TPSA) is 78.9 Å². The summed E-state index contributed by atoms with van der Waals surface area (Å²) in [7, 11) is 0. The average molecular weight is 232 g/mol. The van der Waals surface area contributed by atoms with E-state index in [0.29, 0.717) is 24.5 Å². The lowest BCUT2D eigenvalue weighted by Crippen LogP contribution is -2.49. The van der Waals surface area contributed by atoms with E-state index in [1.807, 2.05) is 6.92 Å². The van der Waals surface area contributed by atoms with Crippen LogP contribution >= 0.6 is 0 Å². The predicted octanol–water partition coefficient (Wildman–Crippen LogP) is 1.35. The molecule has 0 spiro atoms. The molecule has 0 aliphatic carbocycles. The zero-order valence-electron chi connectivity index (χ0n) is 9.64. The molecule has 1 heterocycles. The maximum Gasteiger partial charge on any atom is 0.328 e. The molecule has 0 bridgehead atoms. The fourth-order valence-corrected chi connectivity index (χ4v) is 1.70. The van der Waals surface area contributed by atoms with E-state index in [9.17, 15) is 10.0 Å². The molecule has 1 radical (unpaired) electrons. The third kappa shape index (κ3) is 2.52. The molecule has 2 unspecified atom stereocenters. The van der Waals surface area contributed by atoms with E-state index in [2.05, 4.69) is 4.89 Å². The Bertz CT molecular complexity index is 247. The monoisotopic (exact) mass is 232 g/mol. The number of carbonyl (C=O) groups is 1. The van der Waals surface area contributed by atoms with E-state index >= 15 is 0 Å². The molecule has 6 heteroatoms. The summed E-state index contributed by atoms with van der Waals surface area (Å²) in [5, 5.41) is 20.6. The van der Waals surface area contributed by atoms with Gasteiger partial charge >= 0.3 is 5.97 Å². The van der Waals surface area contributed by atoms with Gasteiger partial charge in [-0.25, -0.2) is 9.68 Å². The van der Waals surface area contributed by atoms with Crippen molar-refractivity contribution in [2.45, 2.75) is 51.3 Å². The second kappa shape index (κ2) is 5.58. The summed E-state index contributed by atoms with van der Waals surface area (Å²) in [6.45, 7) is 3.82. The van der Waals surface area contributed by atoms with Crippen LogP contribution in [0.3, 0.4) is 0 Å². The highest BCUT2D eigenvalue weighted by Gasteiger charge is 2.51. The zero-order chi connectivity index (χ0) is 12.2. The molecule has 0 aromatic heterocycles. The summed E-state index contributed by atoms with van der Waals surface area (Å²) >= 11 is 0. The summed E-state index contributed by atoms with van der Waals surface area (Å²) in [4.78, 5) is 15.7. The third-order valence-corrected chi connectivity index (χ3v) is 2.92. The summed E-state index contributed by atoms with van der Waals surface area (Å²) < 4.78 is 5.01. The number of nitrogens with zero attached hydrogens (tertiary/aromatic N) is 1. The third-order valence-electron chi connectivity index (χ3n) is 2.92. The van der Waals surface area contributed by atoms with Crippen LogP contribution in [0.4, 0.5) is 0 Å². The Labute approximate surface area is 94.6 Å². The SMILES string of the molecule is CCCCOC(=O)C1(C)CCC(OO)N1[O]. The van der Waals surface area contributed by atoms with E-state index in [1.54, 1.807) is 0 Å². The van der Waals surface area contributed by atoms with Crippen LogP contribution in [0.5, 0.6) is 0 Å². The lowest BCUT2D eigenvalue weighted by molar-refractivity contribution is -0.375. The van der Waals surface area contributed by atoms with Crippen molar-refractivity contribution in [2.75, 3.05) is 6.61 Å². The molecule has 0 aromatic rings. The van der Waals surface area contributed by atoms with Crippen LogP contribution in [0.1, 0.15) is 39.5 Å². The van der Waals surface area contributed by atoms with Crippen LogP contribution in [-0.2, 0) is 19.6 Å². The quantitative estimate of drug-likeness (QED) is 0.335. The van der Waals surface area contributed by atoms with Gasteiger partial charge < -0.3 is 4.74 Å². The first-order valence-corrected chi connectivity index (χ1v) is 5.50. The van der Waals surface area contributed by atoms with Gasteiger partial charge in [-0.1, -0.05) is 13.3 Å². The number of rotatable bonds is 5. The molecule has 93 valence electrons. The molecule has 0 amide bonds. The van der Waals surface area contributed by atoms with Gasteiger partial charge in [-0.15, -0.1) is 10.3 Å². The summed E-state index contributed by atoms with van der Waals surface area (Å²) in [5.74, 6) is -0.546. The van der Waals surface area contributed by atoms with Gasteiger partial charge in [0.05, 0.1) is 6.61 Å². The number of ether oxygens (including phenoxy) is 1. The fourth-order valence-electron chi connectivity index (χ4n) is 1.70. The van der Waals surface area contributed by atoms with Crippen LogP contribution in [-0.4, -0.2) is 34.7 Å². The summed E-state index contributed by atoms with van der Waals surface area (Å²) in [5.41, 5.74) is -1.23. The minimum absolute atomic E-state index is 0.319. The fraction of sp³-hybridized carbons (Fsp3) is 0.900. The number of unbranched alkanes of at least 4 members (excludes halogenated alkanes) is 1. The summed E-state index contributed by atoms with van der Waals surface area (Å²) in [6.07, 6.45) is 1.38. The van der Waals surface area contributed by atoms with Gasteiger partial charge in [-0.3, -0.25) is 5.26 Å². The Morgan fingerprint density at radius 3 is 2.81 bits per heavy atom. The number of hydroxylamine groups is 2. The molecule has 1 N–H and O–H groups in total. The number of esters is 1. The molecule has 1 aliphatic rings. The predicted molar refractivity (Wildman–Crippen MR) is 53.5 cm³/mol. The van der Waals surface area contributed by atoms with Crippen molar-refractivity contribution in [3.8, 4) is 0 Å². The summed E-state index contributed by atoms with van der Waals surface area (Å²) in [6, 6.07) is 0. The Hall–Kier alpha value is -0.690. The molecule has 0 aromatic carbocycles. The molecular formula is C10H18NO5. The lowest BCUT2D eigenvalue weighted by atomic mass is 10.0. The van der Waals surface area contributed by atoms with Crippen molar-refractivity contribution in [3.63, 3.8) is 0 Å². The minimum Gasteiger partial charge on any atom is -0.464 e. The molecule has 16 heavy (non-hydrogen) atoms. The van der Waals surface area contributed by atoms with Gasteiger partial charge in [0.15, 0.2) is 6.23 Å². The van der Waals surface area contributed by atoms with E-state index in [4.69, 9.17) is 9.99 Å². The first kappa shape index (κ1) is 13.4. The Morgan fingerprint density at radius 1 is 1.62 bits per heavy atom. The molecule has 2 atom stereocenters. The van der Waals surface area contributed by atoms with E-state index in [0.717, 1.165) is 12.8 Å². The molecule has 6 nitrogen and oxygen atoms in total. The van der Waals surface area contributed by atoms with Gasteiger partial charge in [-0.2, -0.15) is 0 Å². The van der Waals surface area contributed by atoms with Crippen molar-refractivity contribution in [3.05, 3.63) is 0 Å². The average Bonchev–Trinajstić information content (AvgIpc) is 2.57. The highest BCUT2D eigenvalue weighted by molar-refractivity contribution is 5.80. The van der Waals surface area contributed by atoms with Crippen LogP contribution in [0.2, 0.25) is 0 Å². The first-order valence-electron chi connectivity index (χ1n) is 5.50. The van der Waals surface area contributed by atoms with Crippen molar-refractivity contribution in [1.82, 2.24) is 5.06 Å². The number of hydrogen-bond donors (Lipinski definition) is 1.